The van der Waals surface area contributed by atoms with Crippen LogP contribution in [0, 0.1) is 0 Å². The van der Waals surface area contributed by atoms with E-state index in [9.17, 15) is 26.4 Å². The number of carbonyl (C=O) groups excluding carboxylic acids is 1. The Kier molecular flexibility index (Phi) is 3.59. The predicted octanol–water partition coefficient (Wildman–Crippen LogP) is 1.35. The number of benzene rings is 1. The third-order valence-electron chi connectivity index (χ3n) is 2.56. The fourth-order valence-electron chi connectivity index (χ4n) is 1.60. The molecule has 0 fully saturated rings. The topological polar surface area (TPSA) is 95.1 Å². The van der Waals surface area contributed by atoms with Crippen LogP contribution in [0.1, 0.15) is 16.2 Å². The zero-order chi connectivity index (χ0) is 15.8. The molecule has 2 aromatic rings. The van der Waals surface area contributed by atoms with Gasteiger partial charge in [-0.1, -0.05) is 0 Å². The van der Waals surface area contributed by atoms with E-state index < -0.39 is 21.9 Å². The summed E-state index contributed by atoms with van der Waals surface area (Å²) in [6, 6.07) is 5.20. The second kappa shape index (κ2) is 4.97. The molecule has 21 heavy (non-hydrogen) atoms. The summed E-state index contributed by atoms with van der Waals surface area (Å²) in [7, 11) is -3.91. The Morgan fingerprint density at radius 1 is 1.19 bits per heavy atom. The first-order valence-corrected chi connectivity index (χ1v) is 6.93. The van der Waals surface area contributed by atoms with E-state index in [0.29, 0.717) is 6.07 Å². The molecule has 0 amide bonds. The van der Waals surface area contributed by atoms with Crippen molar-refractivity contribution >= 4 is 16.3 Å². The Labute approximate surface area is 117 Å². The van der Waals surface area contributed by atoms with Crippen molar-refractivity contribution in [3.8, 4) is 5.69 Å². The number of primary sulfonamides is 1. The van der Waals surface area contributed by atoms with Gasteiger partial charge in [0.25, 0.3) is 0 Å². The summed E-state index contributed by atoms with van der Waals surface area (Å²) < 4.78 is 60.6. The highest BCUT2D eigenvalue weighted by Crippen LogP contribution is 2.29. The number of carbonyl (C=O) groups is 1. The fourth-order valence-corrected chi connectivity index (χ4v) is 2.12. The lowest BCUT2D eigenvalue weighted by atomic mass is 10.3. The number of hydrogen-bond donors (Lipinski definition) is 1. The molecule has 1 heterocycles. The second-order valence-corrected chi connectivity index (χ2v) is 5.58. The summed E-state index contributed by atoms with van der Waals surface area (Å²) >= 11 is 0. The molecule has 2 rings (SSSR count). The SMILES string of the molecule is NS(=O)(=O)c1ccc(-n2nc(C(F)(F)F)cc2C=O)cc1. The van der Waals surface area contributed by atoms with E-state index >= 15 is 0 Å². The van der Waals surface area contributed by atoms with Gasteiger partial charge in [0.1, 0.15) is 5.69 Å². The van der Waals surface area contributed by atoms with Crippen molar-refractivity contribution in [1.29, 1.82) is 0 Å². The molecule has 0 unspecified atom stereocenters. The van der Waals surface area contributed by atoms with Crippen LogP contribution >= 0.6 is 0 Å². The van der Waals surface area contributed by atoms with E-state index in [1.165, 1.54) is 12.1 Å². The average molecular weight is 319 g/mol. The van der Waals surface area contributed by atoms with Gasteiger partial charge in [0.15, 0.2) is 12.0 Å². The first-order valence-electron chi connectivity index (χ1n) is 5.38. The minimum atomic E-state index is -4.69. The summed E-state index contributed by atoms with van der Waals surface area (Å²) in [5.74, 6) is 0. The van der Waals surface area contributed by atoms with Gasteiger partial charge in [-0.05, 0) is 30.3 Å². The summed E-state index contributed by atoms with van der Waals surface area (Å²) in [4.78, 5) is 10.6. The smallest absolute Gasteiger partial charge is 0.296 e. The monoisotopic (exact) mass is 319 g/mol. The van der Waals surface area contributed by atoms with Crippen LogP contribution in [0.4, 0.5) is 13.2 Å². The van der Waals surface area contributed by atoms with E-state index in [-0.39, 0.29) is 22.6 Å². The lowest BCUT2D eigenvalue weighted by Gasteiger charge is -2.05. The molecule has 2 N–H and O–H groups in total. The molecule has 0 saturated heterocycles. The number of sulfonamides is 1. The summed E-state index contributed by atoms with van der Waals surface area (Å²) in [5.41, 5.74) is -1.44. The molecule has 10 heteroatoms. The highest BCUT2D eigenvalue weighted by Gasteiger charge is 2.35. The number of aromatic nitrogens is 2. The van der Waals surface area contributed by atoms with Crippen molar-refractivity contribution in [3.05, 3.63) is 41.7 Å². The standard InChI is InChI=1S/C11H8F3N3O3S/c12-11(13,14)10-5-8(6-18)17(16-10)7-1-3-9(4-2-7)21(15,19)20/h1-6H,(H2,15,19,20). The van der Waals surface area contributed by atoms with E-state index in [1.807, 2.05) is 0 Å². The normalized spacial score (nSPS) is 12.4. The third kappa shape index (κ3) is 3.11. The van der Waals surface area contributed by atoms with Crippen molar-refractivity contribution in [3.63, 3.8) is 0 Å². The zero-order valence-electron chi connectivity index (χ0n) is 10.2. The van der Waals surface area contributed by atoms with Gasteiger partial charge in [-0.15, -0.1) is 0 Å². The van der Waals surface area contributed by atoms with E-state index in [0.717, 1.165) is 16.8 Å². The van der Waals surface area contributed by atoms with Crippen molar-refractivity contribution in [1.82, 2.24) is 9.78 Å². The van der Waals surface area contributed by atoms with Gasteiger partial charge in [-0.25, -0.2) is 18.2 Å². The highest BCUT2D eigenvalue weighted by atomic mass is 32.2. The van der Waals surface area contributed by atoms with Crippen molar-refractivity contribution < 1.29 is 26.4 Å². The zero-order valence-corrected chi connectivity index (χ0v) is 11.0. The first-order chi connectivity index (χ1) is 9.63. The molecule has 0 aliphatic rings. The molecular weight excluding hydrogens is 311 g/mol. The van der Waals surface area contributed by atoms with Gasteiger partial charge in [0, 0.05) is 0 Å². The van der Waals surface area contributed by atoms with E-state index in [2.05, 4.69) is 5.10 Å². The summed E-state index contributed by atoms with van der Waals surface area (Å²) in [6.07, 6.45) is -4.47. The number of hydrogen-bond acceptors (Lipinski definition) is 4. The number of nitrogens with two attached hydrogens (primary N) is 1. The molecule has 0 spiro atoms. The number of alkyl halides is 3. The van der Waals surface area contributed by atoms with Crippen molar-refractivity contribution in [2.45, 2.75) is 11.1 Å². The van der Waals surface area contributed by atoms with Crippen molar-refractivity contribution in [2.75, 3.05) is 0 Å². The van der Waals surface area contributed by atoms with Gasteiger partial charge in [0.2, 0.25) is 10.0 Å². The Morgan fingerprint density at radius 2 is 1.76 bits per heavy atom. The van der Waals surface area contributed by atoms with Gasteiger partial charge in [-0.2, -0.15) is 18.3 Å². The molecule has 0 saturated carbocycles. The van der Waals surface area contributed by atoms with Crippen LogP contribution in [0.3, 0.4) is 0 Å². The minimum absolute atomic E-state index is 0.0972. The lowest BCUT2D eigenvalue weighted by molar-refractivity contribution is -0.141. The molecule has 0 bridgehead atoms. The molecule has 1 aromatic heterocycles. The maximum absolute atomic E-state index is 12.6. The predicted molar refractivity (Wildman–Crippen MR) is 65.3 cm³/mol. The molecule has 112 valence electrons. The molecule has 1 aromatic carbocycles. The Morgan fingerprint density at radius 3 is 2.19 bits per heavy atom. The average Bonchev–Trinajstić information content (AvgIpc) is 2.81. The molecular formula is C11H8F3N3O3S. The van der Waals surface area contributed by atoms with Crippen LogP contribution < -0.4 is 5.14 Å². The van der Waals surface area contributed by atoms with E-state index in [4.69, 9.17) is 5.14 Å². The number of halogens is 3. The first kappa shape index (κ1) is 15.2. The summed E-state index contributed by atoms with van der Waals surface area (Å²) in [5, 5.41) is 8.20. The van der Waals surface area contributed by atoms with Gasteiger partial charge in [-0.3, -0.25) is 4.79 Å². The number of nitrogens with zero attached hydrogens (tertiary/aromatic N) is 2. The van der Waals surface area contributed by atoms with Crippen molar-refractivity contribution in [2.24, 2.45) is 5.14 Å². The van der Waals surface area contributed by atoms with Gasteiger partial charge >= 0.3 is 6.18 Å². The maximum atomic E-state index is 12.6. The molecule has 0 aliphatic carbocycles. The summed E-state index contributed by atoms with van der Waals surface area (Å²) in [6.45, 7) is 0. The molecule has 0 aliphatic heterocycles. The van der Waals surface area contributed by atoms with Crippen LogP contribution in [0.5, 0.6) is 0 Å². The minimum Gasteiger partial charge on any atom is -0.296 e. The Bertz CT molecular complexity index is 779. The van der Waals surface area contributed by atoms with Crippen LogP contribution in [0.15, 0.2) is 35.2 Å². The second-order valence-electron chi connectivity index (χ2n) is 4.02. The van der Waals surface area contributed by atoms with Crippen LogP contribution in [-0.4, -0.2) is 24.5 Å². The number of aldehydes is 1. The highest BCUT2D eigenvalue weighted by molar-refractivity contribution is 7.89. The largest absolute Gasteiger partial charge is 0.435 e. The maximum Gasteiger partial charge on any atom is 0.435 e. The van der Waals surface area contributed by atoms with Gasteiger partial charge in [0.05, 0.1) is 10.6 Å². The van der Waals surface area contributed by atoms with Crippen LogP contribution in [-0.2, 0) is 16.2 Å². The Balaban J connectivity index is 2.52. The van der Waals surface area contributed by atoms with Gasteiger partial charge < -0.3 is 0 Å². The lowest BCUT2D eigenvalue weighted by Crippen LogP contribution is -2.12. The van der Waals surface area contributed by atoms with E-state index in [1.54, 1.807) is 0 Å². The van der Waals surface area contributed by atoms with Crippen LogP contribution in [0.2, 0.25) is 0 Å². The molecule has 0 atom stereocenters. The fraction of sp³-hybridized carbons (Fsp3) is 0.0909. The number of rotatable bonds is 3. The third-order valence-corrected chi connectivity index (χ3v) is 3.49. The quantitative estimate of drug-likeness (QED) is 0.864. The molecule has 6 nitrogen and oxygen atoms in total. The van der Waals surface area contributed by atoms with Crippen LogP contribution in [0.25, 0.3) is 5.69 Å². The molecule has 0 radical (unpaired) electrons. The Hall–Kier alpha value is -2.20.